The molecular formula is C14H30N2. The summed E-state index contributed by atoms with van der Waals surface area (Å²) in [6, 6.07) is 0.729. The lowest BCUT2D eigenvalue weighted by molar-refractivity contribution is 0.228. The summed E-state index contributed by atoms with van der Waals surface area (Å²) in [6.45, 7) is 7.68. The normalized spacial score (nSPS) is 23.2. The second-order valence-electron chi connectivity index (χ2n) is 5.68. The zero-order valence-corrected chi connectivity index (χ0v) is 11.4. The third-order valence-corrected chi connectivity index (χ3v) is 4.37. The summed E-state index contributed by atoms with van der Waals surface area (Å²) in [5.74, 6) is 0.775. The number of hydrogen-bond donors (Lipinski definition) is 2. The summed E-state index contributed by atoms with van der Waals surface area (Å²) in [7, 11) is 0. The van der Waals surface area contributed by atoms with E-state index in [0.717, 1.165) is 24.9 Å². The summed E-state index contributed by atoms with van der Waals surface area (Å²) in [4.78, 5) is 0. The van der Waals surface area contributed by atoms with Crippen LogP contribution in [0.25, 0.3) is 0 Å². The molecule has 1 aliphatic carbocycles. The van der Waals surface area contributed by atoms with Crippen LogP contribution in [0.2, 0.25) is 0 Å². The van der Waals surface area contributed by atoms with E-state index >= 15 is 0 Å². The maximum Gasteiger partial charge on any atom is 0.0306 e. The minimum Gasteiger partial charge on any atom is -0.329 e. The number of hydrogen-bond acceptors (Lipinski definition) is 2. The average Bonchev–Trinajstić information content (AvgIpc) is 2.80. The van der Waals surface area contributed by atoms with Gasteiger partial charge in [0.25, 0.3) is 0 Å². The number of nitrogens with one attached hydrogen (secondary N) is 1. The van der Waals surface area contributed by atoms with Gasteiger partial charge < -0.3 is 11.1 Å². The Morgan fingerprint density at radius 2 is 1.94 bits per heavy atom. The van der Waals surface area contributed by atoms with Crippen LogP contribution in [-0.2, 0) is 0 Å². The third kappa shape index (κ3) is 3.74. The highest BCUT2D eigenvalue weighted by Gasteiger charge is 2.31. The first-order chi connectivity index (χ1) is 7.65. The van der Waals surface area contributed by atoms with Gasteiger partial charge in [-0.3, -0.25) is 0 Å². The van der Waals surface area contributed by atoms with E-state index in [-0.39, 0.29) is 5.54 Å². The van der Waals surface area contributed by atoms with Gasteiger partial charge in [0.15, 0.2) is 0 Å². The van der Waals surface area contributed by atoms with Crippen LogP contribution < -0.4 is 11.1 Å². The van der Waals surface area contributed by atoms with Gasteiger partial charge in [-0.1, -0.05) is 40.0 Å². The highest BCUT2D eigenvalue weighted by atomic mass is 15.0. The van der Waals surface area contributed by atoms with E-state index in [4.69, 9.17) is 5.73 Å². The number of rotatable bonds is 7. The van der Waals surface area contributed by atoms with Gasteiger partial charge in [0.1, 0.15) is 0 Å². The molecule has 0 amide bonds. The highest BCUT2D eigenvalue weighted by Crippen LogP contribution is 2.26. The van der Waals surface area contributed by atoms with E-state index in [1.165, 1.54) is 38.5 Å². The van der Waals surface area contributed by atoms with E-state index in [9.17, 15) is 0 Å². The monoisotopic (exact) mass is 226 g/mol. The molecule has 2 unspecified atom stereocenters. The fourth-order valence-corrected chi connectivity index (χ4v) is 2.91. The van der Waals surface area contributed by atoms with Crippen molar-refractivity contribution in [3.05, 3.63) is 0 Å². The van der Waals surface area contributed by atoms with Gasteiger partial charge in [0.05, 0.1) is 0 Å². The Kier molecular flexibility index (Phi) is 5.77. The summed E-state index contributed by atoms with van der Waals surface area (Å²) in [5, 5.41) is 3.87. The molecule has 96 valence electrons. The molecule has 0 aromatic rings. The first kappa shape index (κ1) is 14.0. The summed E-state index contributed by atoms with van der Waals surface area (Å²) in [6.07, 6.45) is 9.13. The van der Waals surface area contributed by atoms with Crippen LogP contribution in [0, 0.1) is 5.92 Å². The summed E-state index contributed by atoms with van der Waals surface area (Å²) in [5.41, 5.74) is 6.24. The average molecular weight is 226 g/mol. The van der Waals surface area contributed by atoms with Crippen LogP contribution in [0.3, 0.4) is 0 Å². The van der Waals surface area contributed by atoms with Gasteiger partial charge in [-0.25, -0.2) is 0 Å². The van der Waals surface area contributed by atoms with Crippen LogP contribution in [0.5, 0.6) is 0 Å². The molecule has 0 heterocycles. The van der Waals surface area contributed by atoms with Crippen LogP contribution >= 0.6 is 0 Å². The van der Waals surface area contributed by atoms with Gasteiger partial charge in [-0.15, -0.1) is 0 Å². The van der Waals surface area contributed by atoms with Crippen LogP contribution in [0.1, 0.15) is 65.7 Å². The molecule has 0 aliphatic heterocycles. The van der Waals surface area contributed by atoms with Crippen molar-refractivity contribution in [2.24, 2.45) is 11.7 Å². The predicted octanol–water partition coefficient (Wildman–Crippen LogP) is 3.06. The molecule has 1 fully saturated rings. The lowest BCUT2D eigenvalue weighted by atomic mass is 9.84. The predicted molar refractivity (Wildman–Crippen MR) is 71.5 cm³/mol. The van der Waals surface area contributed by atoms with E-state index in [1.54, 1.807) is 0 Å². The van der Waals surface area contributed by atoms with Crippen molar-refractivity contribution in [3.63, 3.8) is 0 Å². The molecule has 1 rings (SSSR count). The largest absolute Gasteiger partial charge is 0.329 e. The maximum absolute atomic E-state index is 6.04. The SMILES string of the molecule is CCC(C)CC(CC)(CN)NC1CCCC1. The molecule has 1 aliphatic rings. The maximum atomic E-state index is 6.04. The van der Waals surface area contributed by atoms with Gasteiger partial charge in [0, 0.05) is 18.1 Å². The van der Waals surface area contributed by atoms with E-state index in [1.807, 2.05) is 0 Å². The molecule has 2 heteroatoms. The Bertz CT molecular complexity index is 181. The van der Waals surface area contributed by atoms with Crippen molar-refractivity contribution >= 4 is 0 Å². The third-order valence-electron chi connectivity index (χ3n) is 4.37. The Morgan fingerprint density at radius 1 is 1.31 bits per heavy atom. The number of nitrogens with two attached hydrogens (primary N) is 1. The van der Waals surface area contributed by atoms with E-state index in [0.29, 0.717) is 0 Å². The van der Waals surface area contributed by atoms with Crippen molar-refractivity contribution in [3.8, 4) is 0 Å². The molecule has 3 N–H and O–H groups in total. The van der Waals surface area contributed by atoms with E-state index < -0.39 is 0 Å². The Hall–Kier alpha value is -0.0800. The summed E-state index contributed by atoms with van der Waals surface area (Å²) >= 11 is 0. The highest BCUT2D eigenvalue weighted by molar-refractivity contribution is 4.93. The molecule has 0 aromatic carbocycles. The van der Waals surface area contributed by atoms with Crippen molar-refractivity contribution < 1.29 is 0 Å². The zero-order chi connectivity index (χ0) is 12.0. The van der Waals surface area contributed by atoms with Crippen molar-refractivity contribution in [1.82, 2.24) is 5.32 Å². The van der Waals surface area contributed by atoms with Gasteiger partial charge in [0.2, 0.25) is 0 Å². The minimum absolute atomic E-state index is 0.199. The van der Waals surface area contributed by atoms with Gasteiger partial charge >= 0.3 is 0 Å². The fourth-order valence-electron chi connectivity index (χ4n) is 2.91. The van der Waals surface area contributed by atoms with Crippen molar-refractivity contribution in [2.75, 3.05) is 6.54 Å². The first-order valence-corrected chi connectivity index (χ1v) is 7.13. The molecule has 16 heavy (non-hydrogen) atoms. The Morgan fingerprint density at radius 3 is 2.38 bits per heavy atom. The fraction of sp³-hybridized carbons (Fsp3) is 1.00. The molecule has 2 nitrogen and oxygen atoms in total. The lowest BCUT2D eigenvalue weighted by Crippen LogP contribution is -2.55. The van der Waals surface area contributed by atoms with Crippen LogP contribution in [0.4, 0.5) is 0 Å². The quantitative estimate of drug-likeness (QED) is 0.700. The molecule has 0 bridgehead atoms. The Labute approximate surface area is 101 Å². The molecule has 0 aromatic heterocycles. The smallest absolute Gasteiger partial charge is 0.0306 e. The second kappa shape index (κ2) is 6.61. The molecule has 0 radical (unpaired) electrons. The van der Waals surface area contributed by atoms with E-state index in [2.05, 4.69) is 26.1 Å². The van der Waals surface area contributed by atoms with Crippen LogP contribution in [0.15, 0.2) is 0 Å². The zero-order valence-electron chi connectivity index (χ0n) is 11.4. The topological polar surface area (TPSA) is 38.0 Å². The van der Waals surface area contributed by atoms with Gasteiger partial charge in [-0.2, -0.15) is 0 Å². The molecule has 1 saturated carbocycles. The summed E-state index contributed by atoms with van der Waals surface area (Å²) < 4.78 is 0. The molecular weight excluding hydrogens is 196 g/mol. The lowest BCUT2D eigenvalue weighted by Gasteiger charge is -2.37. The van der Waals surface area contributed by atoms with Crippen molar-refractivity contribution in [1.29, 1.82) is 0 Å². The molecule has 0 saturated heterocycles. The minimum atomic E-state index is 0.199. The second-order valence-corrected chi connectivity index (χ2v) is 5.68. The first-order valence-electron chi connectivity index (χ1n) is 7.13. The van der Waals surface area contributed by atoms with Gasteiger partial charge in [-0.05, 0) is 31.6 Å². The standard InChI is InChI=1S/C14H30N2/c1-4-12(3)10-14(5-2,11-15)16-13-8-6-7-9-13/h12-13,16H,4-11,15H2,1-3H3. The molecule has 2 atom stereocenters. The Balaban J connectivity index is 2.54. The molecule has 0 spiro atoms. The van der Waals surface area contributed by atoms with Crippen LogP contribution in [-0.4, -0.2) is 18.1 Å². The van der Waals surface area contributed by atoms with Crippen molar-refractivity contribution in [2.45, 2.75) is 77.3 Å².